The number of rotatable bonds is 5. The highest BCUT2D eigenvalue weighted by Crippen LogP contribution is 2.29. The fourth-order valence-electron chi connectivity index (χ4n) is 2.19. The average Bonchev–Trinajstić information content (AvgIpc) is 2.89. The Morgan fingerprint density at radius 2 is 1.74 bits per heavy atom. The highest BCUT2D eigenvalue weighted by molar-refractivity contribution is 9.10. The summed E-state index contributed by atoms with van der Waals surface area (Å²) in [6.45, 7) is 6.77. The van der Waals surface area contributed by atoms with Gasteiger partial charge in [-0.2, -0.15) is 0 Å². The second-order valence-electron chi connectivity index (χ2n) is 5.18. The Morgan fingerprint density at radius 1 is 1.05 bits per heavy atom. The van der Waals surface area contributed by atoms with Crippen molar-refractivity contribution in [2.45, 2.75) is 32.9 Å². The van der Waals surface area contributed by atoms with E-state index in [-0.39, 0.29) is 0 Å². The van der Waals surface area contributed by atoms with Crippen molar-refractivity contribution in [3.63, 3.8) is 0 Å². The van der Waals surface area contributed by atoms with Crippen LogP contribution in [-0.2, 0) is 0 Å². The maximum atomic E-state index is 3.75. The molecular formula is C16H20BrNS. The molecule has 1 nitrogen and oxygen atoms in total. The first-order valence-electron chi connectivity index (χ1n) is 6.63. The normalized spacial score (nSPS) is 14.6. The van der Waals surface area contributed by atoms with E-state index in [9.17, 15) is 0 Å². The van der Waals surface area contributed by atoms with E-state index in [1.165, 1.54) is 10.4 Å². The van der Waals surface area contributed by atoms with Crippen LogP contribution in [0, 0.1) is 5.92 Å². The maximum absolute atomic E-state index is 3.75. The number of halogens is 1. The fraction of sp³-hybridized carbons (Fsp3) is 0.375. The Hall–Kier alpha value is -0.640. The van der Waals surface area contributed by atoms with Crippen LogP contribution in [-0.4, -0.2) is 0 Å². The average molecular weight is 338 g/mol. The fourth-order valence-corrected chi connectivity index (χ4v) is 3.41. The molecule has 0 aliphatic rings. The highest BCUT2D eigenvalue weighted by atomic mass is 79.9. The molecule has 2 rings (SSSR count). The summed E-state index contributed by atoms with van der Waals surface area (Å²) in [5, 5.41) is 5.90. The molecule has 0 aliphatic carbocycles. The first-order valence-corrected chi connectivity index (χ1v) is 8.30. The van der Waals surface area contributed by atoms with Gasteiger partial charge in [-0.05, 0) is 42.0 Å². The van der Waals surface area contributed by atoms with Crippen LogP contribution in [0.3, 0.4) is 0 Å². The van der Waals surface area contributed by atoms with Gasteiger partial charge in [0, 0.05) is 21.4 Å². The van der Waals surface area contributed by atoms with E-state index < -0.39 is 0 Å². The molecule has 1 N–H and O–H groups in total. The van der Waals surface area contributed by atoms with Gasteiger partial charge >= 0.3 is 0 Å². The molecule has 19 heavy (non-hydrogen) atoms. The van der Waals surface area contributed by atoms with Gasteiger partial charge in [-0.25, -0.2) is 0 Å². The van der Waals surface area contributed by atoms with Crippen molar-refractivity contribution in [2.24, 2.45) is 5.92 Å². The van der Waals surface area contributed by atoms with Crippen LogP contribution in [0.15, 0.2) is 46.3 Å². The SMILES string of the molecule is CC(C)C(N[C@@H](C)c1ccc(Br)cc1)c1cccs1. The molecule has 1 unspecified atom stereocenters. The van der Waals surface area contributed by atoms with E-state index in [0.29, 0.717) is 18.0 Å². The van der Waals surface area contributed by atoms with Gasteiger partial charge in [0.2, 0.25) is 0 Å². The van der Waals surface area contributed by atoms with Crippen molar-refractivity contribution >= 4 is 27.3 Å². The molecular weight excluding hydrogens is 318 g/mol. The molecule has 1 aromatic carbocycles. The standard InChI is InChI=1S/C16H20BrNS/c1-11(2)16(15-5-4-10-19-15)18-12(3)13-6-8-14(17)9-7-13/h4-12,16,18H,1-3H3/t12-,16?/m0/s1. The van der Waals surface area contributed by atoms with Crippen LogP contribution < -0.4 is 5.32 Å². The van der Waals surface area contributed by atoms with E-state index >= 15 is 0 Å². The molecule has 0 aliphatic heterocycles. The molecule has 1 heterocycles. The smallest absolute Gasteiger partial charge is 0.0442 e. The second-order valence-corrected chi connectivity index (χ2v) is 7.07. The van der Waals surface area contributed by atoms with E-state index in [2.05, 4.69) is 83.8 Å². The Morgan fingerprint density at radius 3 is 2.26 bits per heavy atom. The Bertz CT molecular complexity index is 490. The van der Waals surface area contributed by atoms with Crippen LogP contribution >= 0.6 is 27.3 Å². The zero-order valence-corrected chi connectivity index (χ0v) is 14.0. The van der Waals surface area contributed by atoms with Gasteiger partial charge in [0.25, 0.3) is 0 Å². The summed E-state index contributed by atoms with van der Waals surface area (Å²) >= 11 is 5.31. The molecule has 2 aromatic rings. The van der Waals surface area contributed by atoms with Gasteiger partial charge < -0.3 is 5.32 Å². The summed E-state index contributed by atoms with van der Waals surface area (Å²) in [5.41, 5.74) is 1.32. The van der Waals surface area contributed by atoms with Gasteiger partial charge in [-0.1, -0.05) is 48.0 Å². The number of hydrogen-bond acceptors (Lipinski definition) is 2. The van der Waals surface area contributed by atoms with Crippen LogP contribution in [0.5, 0.6) is 0 Å². The Balaban J connectivity index is 2.11. The lowest BCUT2D eigenvalue weighted by Gasteiger charge is -2.26. The van der Waals surface area contributed by atoms with Crippen molar-refractivity contribution in [1.82, 2.24) is 5.32 Å². The predicted octanol–water partition coefficient (Wildman–Crippen LogP) is 5.56. The minimum absolute atomic E-state index is 0.350. The van der Waals surface area contributed by atoms with Crippen LogP contribution in [0.4, 0.5) is 0 Å². The van der Waals surface area contributed by atoms with Gasteiger partial charge in [0.05, 0.1) is 0 Å². The van der Waals surface area contributed by atoms with Crippen molar-refractivity contribution in [1.29, 1.82) is 0 Å². The first-order chi connectivity index (χ1) is 9.08. The number of benzene rings is 1. The Labute approximate surface area is 128 Å². The number of hydrogen-bond donors (Lipinski definition) is 1. The van der Waals surface area contributed by atoms with E-state index in [1.807, 2.05) is 11.3 Å². The van der Waals surface area contributed by atoms with Gasteiger partial charge in [0.15, 0.2) is 0 Å². The lowest BCUT2D eigenvalue weighted by molar-refractivity contribution is 0.379. The van der Waals surface area contributed by atoms with Crippen LogP contribution in [0.25, 0.3) is 0 Å². The molecule has 0 bridgehead atoms. The zero-order valence-electron chi connectivity index (χ0n) is 11.6. The quantitative estimate of drug-likeness (QED) is 0.753. The molecule has 0 fully saturated rings. The van der Waals surface area contributed by atoms with Crippen LogP contribution in [0.2, 0.25) is 0 Å². The minimum atomic E-state index is 0.350. The van der Waals surface area contributed by atoms with Crippen molar-refractivity contribution in [2.75, 3.05) is 0 Å². The van der Waals surface area contributed by atoms with Crippen molar-refractivity contribution in [3.05, 3.63) is 56.7 Å². The lowest BCUT2D eigenvalue weighted by Crippen LogP contribution is -2.27. The van der Waals surface area contributed by atoms with Crippen molar-refractivity contribution < 1.29 is 0 Å². The molecule has 3 heteroatoms. The maximum Gasteiger partial charge on any atom is 0.0442 e. The molecule has 0 saturated heterocycles. The van der Waals surface area contributed by atoms with E-state index in [0.717, 1.165) is 4.47 Å². The second kappa shape index (κ2) is 6.69. The summed E-state index contributed by atoms with van der Waals surface area (Å²) < 4.78 is 1.13. The van der Waals surface area contributed by atoms with Gasteiger partial charge in [0.1, 0.15) is 0 Å². The third-order valence-corrected chi connectivity index (χ3v) is 4.80. The van der Waals surface area contributed by atoms with Crippen molar-refractivity contribution in [3.8, 4) is 0 Å². The zero-order chi connectivity index (χ0) is 13.8. The number of nitrogens with one attached hydrogen (secondary N) is 1. The molecule has 102 valence electrons. The van der Waals surface area contributed by atoms with Crippen LogP contribution in [0.1, 0.15) is 43.3 Å². The molecule has 0 spiro atoms. The monoisotopic (exact) mass is 337 g/mol. The summed E-state index contributed by atoms with van der Waals surface area (Å²) in [5.74, 6) is 0.580. The summed E-state index contributed by atoms with van der Waals surface area (Å²) in [7, 11) is 0. The minimum Gasteiger partial charge on any atom is -0.302 e. The third kappa shape index (κ3) is 3.91. The molecule has 0 radical (unpaired) electrons. The predicted molar refractivity (Wildman–Crippen MR) is 87.6 cm³/mol. The Kier molecular flexibility index (Phi) is 5.20. The molecule has 2 atom stereocenters. The first kappa shape index (κ1) is 14.8. The largest absolute Gasteiger partial charge is 0.302 e. The summed E-state index contributed by atoms with van der Waals surface area (Å²) in [6.07, 6.45) is 0. The molecule has 1 aromatic heterocycles. The van der Waals surface area contributed by atoms with E-state index in [1.54, 1.807) is 0 Å². The molecule has 0 amide bonds. The van der Waals surface area contributed by atoms with Gasteiger partial charge in [-0.15, -0.1) is 11.3 Å². The van der Waals surface area contributed by atoms with E-state index in [4.69, 9.17) is 0 Å². The van der Waals surface area contributed by atoms with Gasteiger partial charge in [-0.3, -0.25) is 0 Å². The topological polar surface area (TPSA) is 12.0 Å². The number of thiophene rings is 1. The summed E-state index contributed by atoms with van der Waals surface area (Å²) in [6, 6.07) is 13.7. The third-order valence-electron chi connectivity index (χ3n) is 3.32. The molecule has 0 saturated carbocycles. The highest BCUT2D eigenvalue weighted by Gasteiger charge is 2.19. The lowest BCUT2D eigenvalue weighted by atomic mass is 10.00. The summed E-state index contributed by atoms with van der Waals surface area (Å²) in [4.78, 5) is 1.42.